The predicted molar refractivity (Wildman–Crippen MR) is 110 cm³/mol. The first-order valence-corrected chi connectivity index (χ1v) is 9.69. The van der Waals surface area contributed by atoms with E-state index in [0.717, 1.165) is 22.2 Å². The number of urea groups is 1. The molecule has 6 nitrogen and oxygen atoms in total. The number of nitrogens with zero attached hydrogens (tertiary/aromatic N) is 1. The number of ether oxygens (including phenoxy) is 1. The van der Waals surface area contributed by atoms with Crippen LogP contribution in [0.5, 0.6) is 5.75 Å². The van der Waals surface area contributed by atoms with Gasteiger partial charge in [-0.25, -0.2) is 9.69 Å². The number of barbiturate groups is 1. The molecule has 4 amide bonds. The van der Waals surface area contributed by atoms with E-state index in [4.69, 9.17) is 4.74 Å². The van der Waals surface area contributed by atoms with Crippen LogP contribution in [0.4, 0.5) is 10.5 Å². The molecular weight excluding hydrogens is 424 g/mol. The van der Waals surface area contributed by atoms with Gasteiger partial charge in [0, 0.05) is 10.0 Å². The lowest BCUT2D eigenvalue weighted by Crippen LogP contribution is -2.54. The highest BCUT2D eigenvalue weighted by Gasteiger charge is 2.36. The van der Waals surface area contributed by atoms with Crippen molar-refractivity contribution in [1.82, 2.24) is 5.32 Å². The minimum Gasteiger partial charge on any atom is -0.493 e. The maximum Gasteiger partial charge on any atom is 0.335 e. The van der Waals surface area contributed by atoms with E-state index in [-0.39, 0.29) is 5.57 Å². The second-order valence-corrected chi connectivity index (χ2v) is 7.09. The van der Waals surface area contributed by atoms with Crippen LogP contribution in [-0.4, -0.2) is 24.5 Å². The summed E-state index contributed by atoms with van der Waals surface area (Å²) < 4.78 is 6.57. The molecule has 7 heteroatoms. The van der Waals surface area contributed by atoms with Crippen LogP contribution in [0.25, 0.3) is 6.08 Å². The first-order valence-electron chi connectivity index (χ1n) is 8.90. The van der Waals surface area contributed by atoms with Crippen LogP contribution < -0.4 is 15.0 Å². The molecular formula is C21H19BrN2O4. The molecule has 0 saturated carbocycles. The first-order chi connectivity index (χ1) is 13.5. The molecule has 28 heavy (non-hydrogen) atoms. The molecule has 1 saturated heterocycles. The van der Waals surface area contributed by atoms with Crippen LogP contribution in [0.3, 0.4) is 0 Å². The molecule has 1 N–H and O–H groups in total. The number of hydrogen-bond acceptors (Lipinski definition) is 4. The van der Waals surface area contributed by atoms with Crippen LogP contribution in [0.15, 0.2) is 58.6 Å². The van der Waals surface area contributed by atoms with Gasteiger partial charge in [0.2, 0.25) is 0 Å². The van der Waals surface area contributed by atoms with Crippen molar-refractivity contribution in [3.63, 3.8) is 0 Å². The molecule has 144 valence electrons. The van der Waals surface area contributed by atoms with Gasteiger partial charge in [0.25, 0.3) is 11.8 Å². The van der Waals surface area contributed by atoms with Crippen LogP contribution in [0, 0.1) is 0 Å². The van der Waals surface area contributed by atoms with Crippen molar-refractivity contribution in [2.75, 3.05) is 11.5 Å². The van der Waals surface area contributed by atoms with Gasteiger partial charge in [-0.2, -0.15) is 0 Å². The number of halogens is 1. The molecule has 1 heterocycles. The smallest absolute Gasteiger partial charge is 0.335 e. The Morgan fingerprint density at radius 1 is 1.11 bits per heavy atom. The Morgan fingerprint density at radius 3 is 2.57 bits per heavy atom. The zero-order valence-corrected chi connectivity index (χ0v) is 16.9. The number of para-hydroxylation sites is 1. The summed E-state index contributed by atoms with van der Waals surface area (Å²) in [4.78, 5) is 38.5. The molecule has 0 unspecified atom stereocenters. The van der Waals surface area contributed by atoms with Crippen molar-refractivity contribution in [3.05, 3.63) is 64.1 Å². The van der Waals surface area contributed by atoms with Crippen LogP contribution in [-0.2, 0) is 9.59 Å². The van der Waals surface area contributed by atoms with Crippen molar-refractivity contribution in [3.8, 4) is 5.75 Å². The quantitative estimate of drug-likeness (QED) is 0.411. The van der Waals surface area contributed by atoms with E-state index in [9.17, 15) is 14.4 Å². The Hall–Kier alpha value is -2.93. The summed E-state index contributed by atoms with van der Waals surface area (Å²) in [7, 11) is 0. The monoisotopic (exact) mass is 442 g/mol. The summed E-state index contributed by atoms with van der Waals surface area (Å²) in [5.74, 6) is -0.853. The predicted octanol–water partition coefficient (Wildman–Crippen LogP) is 4.29. The Morgan fingerprint density at radius 2 is 1.86 bits per heavy atom. The van der Waals surface area contributed by atoms with E-state index >= 15 is 0 Å². The van der Waals surface area contributed by atoms with Gasteiger partial charge < -0.3 is 4.74 Å². The molecule has 2 aromatic rings. The number of nitrogens with one attached hydrogen (secondary N) is 1. The van der Waals surface area contributed by atoms with Gasteiger partial charge in [-0.05, 0) is 42.8 Å². The Labute approximate surface area is 171 Å². The first kappa shape index (κ1) is 19.8. The average molecular weight is 443 g/mol. The Kier molecular flexibility index (Phi) is 6.26. The molecule has 0 aliphatic carbocycles. The highest BCUT2D eigenvalue weighted by molar-refractivity contribution is 9.10. The molecule has 0 radical (unpaired) electrons. The standard InChI is InChI=1S/C21H19BrN2O4/c1-2-3-11-28-18-10-9-15(22)12-14(18)13-17-19(25)23-21(27)24(20(17)26)16-7-5-4-6-8-16/h4-10,12-13H,2-3,11H2,1H3,(H,23,25,27)/b17-13-. The van der Waals surface area contributed by atoms with E-state index < -0.39 is 17.8 Å². The lowest BCUT2D eigenvalue weighted by molar-refractivity contribution is -0.122. The number of unbranched alkanes of at least 4 members (excludes halogenated alkanes) is 1. The molecule has 1 aliphatic rings. The lowest BCUT2D eigenvalue weighted by atomic mass is 10.1. The number of hydrogen-bond donors (Lipinski definition) is 1. The number of imide groups is 2. The third-order valence-electron chi connectivity index (χ3n) is 4.14. The van der Waals surface area contributed by atoms with Crippen molar-refractivity contribution in [2.24, 2.45) is 0 Å². The second kappa shape index (κ2) is 8.84. The molecule has 0 aromatic heterocycles. The third-order valence-corrected chi connectivity index (χ3v) is 4.64. The average Bonchev–Trinajstić information content (AvgIpc) is 2.67. The summed E-state index contributed by atoms with van der Waals surface area (Å²) in [5, 5.41) is 2.22. The summed E-state index contributed by atoms with van der Waals surface area (Å²) >= 11 is 3.40. The van der Waals surface area contributed by atoms with E-state index in [0.29, 0.717) is 23.6 Å². The molecule has 1 aliphatic heterocycles. The van der Waals surface area contributed by atoms with Crippen LogP contribution >= 0.6 is 15.9 Å². The fourth-order valence-corrected chi connectivity index (χ4v) is 3.09. The van der Waals surface area contributed by atoms with Crippen LogP contribution in [0.1, 0.15) is 25.3 Å². The number of rotatable bonds is 6. The topological polar surface area (TPSA) is 75.7 Å². The minimum atomic E-state index is -0.771. The number of benzene rings is 2. The van der Waals surface area contributed by atoms with Gasteiger partial charge in [-0.3, -0.25) is 14.9 Å². The zero-order chi connectivity index (χ0) is 20.1. The molecule has 2 aromatic carbocycles. The normalized spacial score (nSPS) is 15.7. The van der Waals surface area contributed by atoms with E-state index in [1.54, 1.807) is 42.5 Å². The highest BCUT2D eigenvalue weighted by atomic mass is 79.9. The summed E-state index contributed by atoms with van der Waals surface area (Å²) in [6, 6.07) is 13.0. The van der Waals surface area contributed by atoms with E-state index in [2.05, 4.69) is 28.2 Å². The number of amides is 4. The summed E-state index contributed by atoms with van der Waals surface area (Å²) in [6.45, 7) is 2.59. The maximum absolute atomic E-state index is 12.9. The van der Waals surface area contributed by atoms with Crippen LogP contribution in [0.2, 0.25) is 0 Å². The van der Waals surface area contributed by atoms with Gasteiger partial charge in [0.15, 0.2) is 0 Å². The van der Waals surface area contributed by atoms with Gasteiger partial charge in [0.05, 0.1) is 12.3 Å². The molecule has 3 rings (SSSR count). The fraction of sp³-hybridized carbons (Fsp3) is 0.190. The summed E-state index contributed by atoms with van der Waals surface area (Å²) in [6.07, 6.45) is 3.33. The van der Waals surface area contributed by atoms with Gasteiger partial charge in [0.1, 0.15) is 11.3 Å². The van der Waals surface area contributed by atoms with Gasteiger partial charge >= 0.3 is 6.03 Å². The maximum atomic E-state index is 12.9. The molecule has 1 fully saturated rings. The van der Waals surface area contributed by atoms with E-state index in [1.807, 2.05) is 6.07 Å². The number of carbonyl (C=O) groups excluding carboxylic acids is 3. The van der Waals surface area contributed by atoms with E-state index in [1.165, 1.54) is 6.08 Å². The minimum absolute atomic E-state index is 0.137. The van der Waals surface area contributed by atoms with Crippen molar-refractivity contribution in [2.45, 2.75) is 19.8 Å². The highest BCUT2D eigenvalue weighted by Crippen LogP contribution is 2.28. The summed E-state index contributed by atoms with van der Waals surface area (Å²) in [5.41, 5.74) is 0.824. The van der Waals surface area contributed by atoms with Crippen molar-refractivity contribution in [1.29, 1.82) is 0 Å². The Bertz CT molecular complexity index is 941. The van der Waals surface area contributed by atoms with Crippen molar-refractivity contribution >= 4 is 45.5 Å². The molecule has 0 bridgehead atoms. The number of anilines is 1. The fourth-order valence-electron chi connectivity index (χ4n) is 2.71. The lowest BCUT2D eigenvalue weighted by Gasteiger charge is -2.26. The number of carbonyl (C=O) groups is 3. The Balaban J connectivity index is 1.98. The second-order valence-electron chi connectivity index (χ2n) is 6.18. The van der Waals surface area contributed by atoms with Gasteiger partial charge in [-0.1, -0.05) is 47.5 Å². The molecule has 0 atom stereocenters. The third kappa shape index (κ3) is 4.31. The zero-order valence-electron chi connectivity index (χ0n) is 15.3. The molecule has 0 spiro atoms. The SMILES string of the molecule is CCCCOc1ccc(Br)cc1/C=C1/C(=O)NC(=O)N(c2ccccc2)C1=O. The largest absolute Gasteiger partial charge is 0.493 e. The van der Waals surface area contributed by atoms with Crippen molar-refractivity contribution < 1.29 is 19.1 Å². The van der Waals surface area contributed by atoms with Gasteiger partial charge in [-0.15, -0.1) is 0 Å².